The fourth-order valence-corrected chi connectivity index (χ4v) is 1.20. The molecule has 1 aliphatic heterocycles. The second kappa shape index (κ2) is 4.69. The summed E-state index contributed by atoms with van der Waals surface area (Å²) in [6.45, 7) is 3.81. The molecule has 1 heterocycles. The van der Waals surface area contributed by atoms with Crippen molar-refractivity contribution in [2.75, 3.05) is 0 Å². The van der Waals surface area contributed by atoms with Gasteiger partial charge in [-0.05, 0) is 13.3 Å². The molecule has 0 aromatic rings. The van der Waals surface area contributed by atoms with Gasteiger partial charge in [0.05, 0.1) is 17.0 Å². The molecule has 2 N–H and O–H groups in total. The smallest absolute Gasteiger partial charge is 0.273 e. The summed E-state index contributed by atoms with van der Waals surface area (Å²) in [6, 6.07) is 0. The standard InChI is InChI=1S/C10H15N3O/c1-3-4-5-6-8-9(11)7(2)12-13-10(8)14/h6,11H,3-5H2,1-2H3,(H,13,14)/b8-6+,11-9?. The SMILES string of the molecule is CCCC/C=C1\C(=N)C(C)=NNC1=O. The van der Waals surface area contributed by atoms with Crippen LogP contribution in [0.4, 0.5) is 0 Å². The number of hydrogen-bond acceptors (Lipinski definition) is 3. The molecule has 0 saturated carbocycles. The van der Waals surface area contributed by atoms with Gasteiger partial charge in [-0.25, -0.2) is 5.43 Å². The summed E-state index contributed by atoms with van der Waals surface area (Å²) in [7, 11) is 0. The number of rotatable bonds is 3. The first-order valence-electron chi connectivity index (χ1n) is 4.81. The molecule has 4 nitrogen and oxygen atoms in total. The van der Waals surface area contributed by atoms with Crippen molar-refractivity contribution in [2.45, 2.75) is 33.1 Å². The number of allylic oxidation sites excluding steroid dienone is 1. The summed E-state index contributed by atoms with van der Waals surface area (Å²) in [5.41, 5.74) is 3.63. The number of hydrazone groups is 1. The van der Waals surface area contributed by atoms with Gasteiger partial charge in [0.25, 0.3) is 5.91 Å². The zero-order valence-corrected chi connectivity index (χ0v) is 8.55. The van der Waals surface area contributed by atoms with Crippen LogP contribution in [-0.4, -0.2) is 17.3 Å². The van der Waals surface area contributed by atoms with Crippen LogP contribution in [0.2, 0.25) is 0 Å². The van der Waals surface area contributed by atoms with Gasteiger partial charge < -0.3 is 0 Å². The zero-order chi connectivity index (χ0) is 10.6. The van der Waals surface area contributed by atoms with Crippen molar-refractivity contribution in [3.8, 4) is 0 Å². The van der Waals surface area contributed by atoms with E-state index in [9.17, 15) is 4.79 Å². The predicted molar refractivity (Wildman–Crippen MR) is 56.6 cm³/mol. The summed E-state index contributed by atoms with van der Waals surface area (Å²) in [5, 5.41) is 11.4. The zero-order valence-electron chi connectivity index (χ0n) is 8.55. The van der Waals surface area contributed by atoms with Crippen LogP contribution in [0.25, 0.3) is 0 Å². The van der Waals surface area contributed by atoms with Crippen LogP contribution < -0.4 is 5.43 Å². The fraction of sp³-hybridized carbons (Fsp3) is 0.500. The molecular weight excluding hydrogens is 178 g/mol. The molecule has 0 saturated heterocycles. The largest absolute Gasteiger partial charge is 0.298 e. The lowest BCUT2D eigenvalue weighted by molar-refractivity contribution is -0.117. The number of carbonyl (C=O) groups excluding carboxylic acids is 1. The highest BCUT2D eigenvalue weighted by Gasteiger charge is 2.20. The first-order valence-corrected chi connectivity index (χ1v) is 4.81. The first-order chi connectivity index (χ1) is 6.66. The monoisotopic (exact) mass is 193 g/mol. The van der Waals surface area contributed by atoms with E-state index in [0.29, 0.717) is 11.3 Å². The highest BCUT2D eigenvalue weighted by Crippen LogP contribution is 2.07. The highest BCUT2D eigenvalue weighted by molar-refractivity contribution is 6.53. The Balaban J connectivity index is 2.76. The molecule has 0 spiro atoms. The van der Waals surface area contributed by atoms with E-state index < -0.39 is 0 Å². The lowest BCUT2D eigenvalue weighted by Gasteiger charge is -2.13. The van der Waals surface area contributed by atoms with Crippen LogP contribution in [0.1, 0.15) is 33.1 Å². The highest BCUT2D eigenvalue weighted by atomic mass is 16.2. The number of nitrogens with zero attached hydrogens (tertiary/aromatic N) is 1. The topological polar surface area (TPSA) is 65.3 Å². The number of unbranched alkanes of at least 4 members (excludes halogenated alkanes) is 2. The van der Waals surface area contributed by atoms with E-state index in [1.165, 1.54) is 0 Å². The van der Waals surface area contributed by atoms with E-state index in [0.717, 1.165) is 19.3 Å². The molecule has 0 radical (unpaired) electrons. The van der Waals surface area contributed by atoms with Crippen LogP contribution >= 0.6 is 0 Å². The molecule has 0 aromatic carbocycles. The van der Waals surface area contributed by atoms with Crippen molar-refractivity contribution in [1.82, 2.24) is 5.43 Å². The van der Waals surface area contributed by atoms with Gasteiger partial charge >= 0.3 is 0 Å². The fourth-order valence-electron chi connectivity index (χ4n) is 1.20. The average Bonchev–Trinajstić information content (AvgIpc) is 2.18. The molecular formula is C10H15N3O. The summed E-state index contributed by atoms with van der Waals surface area (Å²) in [5.74, 6) is -0.267. The van der Waals surface area contributed by atoms with Gasteiger partial charge in [0.15, 0.2) is 0 Å². The Hall–Kier alpha value is -1.45. The third-order valence-electron chi connectivity index (χ3n) is 2.11. The molecule has 1 rings (SSSR count). The molecule has 0 bridgehead atoms. The molecule has 76 valence electrons. The van der Waals surface area contributed by atoms with Crippen LogP contribution in [0, 0.1) is 5.41 Å². The summed E-state index contributed by atoms with van der Waals surface area (Å²) in [6.07, 6.45) is 4.79. The van der Waals surface area contributed by atoms with Gasteiger partial charge in [-0.15, -0.1) is 0 Å². The summed E-state index contributed by atoms with van der Waals surface area (Å²) in [4.78, 5) is 11.3. The molecule has 0 unspecified atom stereocenters. The molecule has 14 heavy (non-hydrogen) atoms. The third kappa shape index (κ3) is 2.28. The number of hydrogen-bond donors (Lipinski definition) is 2. The molecule has 1 aliphatic rings. The Bertz CT molecular complexity index is 315. The minimum Gasteiger partial charge on any atom is -0.298 e. The van der Waals surface area contributed by atoms with Crippen molar-refractivity contribution < 1.29 is 4.79 Å². The van der Waals surface area contributed by atoms with Crippen molar-refractivity contribution in [3.63, 3.8) is 0 Å². The van der Waals surface area contributed by atoms with E-state index in [2.05, 4.69) is 17.5 Å². The maximum atomic E-state index is 11.3. The van der Waals surface area contributed by atoms with Gasteiger partial charge in [-0.3, -0.25) is 10.2 Å². The first kappa shape index (κ1) is 10.6. The minimum absolute atomic E-state index is 0.241. The Kier molecular flexibility index (Phi) is 3.56. The van der Waals surface area contributed by atoms with E-state index in [1.54, 1.807) is 6.92 Å². The van der Waals surface area contributed by atoms with Crippen molar-refractivity contribution >= 4 is 17.3 Å². The maximum Gasteiger partial charge on any atom is 0.273 e. The van der Waals surface area contributed by atoms with E-state index in [-0.39, 0.29) is 11.6 Å². The van der Waals surface area contributed by atoms with Crippen LogP contribution in [0.15, 0.2) is 16.8 Å². The molecule has 0 atom stereocenters. The van der Waals surface area contributed by atoms with E-state index in [4.69, 9.17) is 5.41 Å². The van der Waals surface area contributed by atoms with E-state index >= 15 is 0 Å². The second-order valence-corrected chi connectivity index (χ2v) is 3.27. The van der Waals surface area contributed by atoms with Crippen LogP contribution in [-0.2, 0) is 4.79 Å². The lowest BCUT2D eigenvalue weighted by atomic mass is 10.0. The van der Waals surface area contributed by atoms with Crippen LogP contribution in [0.3, 0.4) is 0 Å². The van der Waals surface area contributed by atoms with Crippen molar-refractivity contribution in [2.24, 2.45) is 5.10 Å². The average molecular weight is 193 g/mol. The number of amides is 1. The predicted octanol–water partition coefficient (Wildman–Crippen LogP) is 1.63. The van der Waals surface area contributed by atoms with Gasteiger partial charge in [0.2, 0.25) is 0 Å². The molecule has 1 amide bonds. The summed E-state index contributed by atoms with van der Waals surface area (Å²) >= 11 is 0. The number of nitrogens with one attached hydrogen (secondary N) is 2. The lowest BCUT2D eigenvalue weighted by Crippen LogP contribution is -2.34. The van der Waals surface area contributed by atoms with Gasteiger partial charge in [-0.1, -0.05) is 25.8 Å². The van der Waals surface area contributed by atoms with Gasteiger partial charge in [0.1, 0.15) is 0 Å². The Morgan fingerprint density at radius 1 is 1.57 bits per heavy atom. The van der Waals surface area contributed by atoms with Gasteiger partial charge in [0, 0.05) is 0 Å². The Labute approximate surface area is 83.6 Å². The Morgan fingerprint density at radius 3 is 2.93 bits per heavy atom. The quantitative estimate of drug-likeness (QED) is 0.519. The van der Waals surface area contributed by atoms with E-state index in [1.807, 2.05) is 6.08 Å². The Morgan fingerprint density at radius 2 is 2.29 bits per heavy atom. The second-order valence-electron chi connectivity index (χ2n) is 3.27. The molecule has 0 fully saturated rings. The summed E-state index contributed by atoms with van der Waals surface area (Å²) < 4.78 is 0. The van der Waals surface area contributed by atoms with Crippen molar-refractivity contribution in [3.05, 3.63) is 11.6 Å². The normalized spacial score (nSPS) is 19.6. The number of carbonyl (C=O) groups is 1. The molecule has 4 heteroatoms. The minimum atomic E-state index is -0.267. The maximum absolute atomic E-state index is 11.3. The molecule has 0 aromatic heterocycles. The molecule has 0 aliphatic carbocycles. The van der Waals surface area contributed by atoms with Crippen molar-refractivity contribution in [1.29, 1.82) is 5.41 Å². The van der Waals surface area contributed by atoms with Gasteiger partial charge in [-0.2, -0.15) is 5.10 Å². The van der Waals surface area contributed by atoms with Crippen LogP contribution in [0.5, 0.6) is 0 Å². The third-order valence-corrected chi connectivity index (χ3v) is 2.11.